The number of hydrogen-bond donors (Lipinski definition) is 0. The number of piperazine rings is 1. The molecule has 2 aromatic carbocycles. The van der Waals surface area contributed by atoms with Gasteiger partial charge in [-0.15, -0.1) is 0 Å². The maximum atomic E-state index is 12.7. The number of ether oxygens (including phenoxy) is 1. The Kier molecular flexibility index (Phi) is 4.88. The van der Waals surface area contributed by atoms with Crippen molar-refractivity contribution in [1.29, 1.82) is 0 Å². The van der Waals surface area contributed by atoms with Crippen molar-refractivity contribution in [3.05, 3.63) is 60.2 Å². The van der Waals surface area contributed by atoms with E-state index in [-0.39, 0.29) is 11.2 Å². The average molecular weight is 386 g/mol. The summed E-state index contributed by atoms with van der Waals surface area (Å²) in [7, 11) is -3.16. The molecule has 27 heavy (non-hydrogen) atoms. The number of rotatable bonds is 5. The van der Waals surface area contributed by atoms with E-state index in [4.69, 9.17) is 4.74 Å². The summed E-state index contributed by atoms with van der Waals surface area (Å²) in [5, 5.41) is -0.197. The van der Waals surface area contributed by atoms with E-state index < -0.39 is 10.0 Å². The van der Waals surface area contributed by atoms with Crippen LogP contribution >= 0.6 is 0 Å². The Labute approximate surface area is 159 Å². The van der Waals surface area contributed by atoms with Crippen LogP contribution < -0.4 is 4.74 Å². The van der Waals surface area contributed by atoms with Crippen LogP contribution in [0.25, 0.3) is 0 Å². The second-order valence-electron chi connectivity index (χ2n) is 6.88. The Hall–Kier alpha value is -2.38. The standard InChI is InChI=1S/C20H22N2O4S/c23-20(21-12-14-22(15-13-21)27(24,25)19-10-11-19)16-6-8-18(9-7-16)26-17-4-2-1-3-5-17/h1-9,19H,10-15H2. The van der Waals surface area contributed by atoms with Crippen molar-refractivity contribution < 1.29 is 17.9 Å². The third-order valence-electron chi connectivity index (χ3n) is 4.91. The Morgan fingerprint density at radius 1 is 0.852 bits per heavy atom. The summed E-state index contributed by atoms with van der Waals surface area (Å²) >= 11 is 0. The van der Waals surface area contributed by atoms with Crippen LogP contribution in [-0.4, -0.2) is 55.0 Å². The molecule has 2 fully saturated rings. The molecule has 2 aliphatic rings. The highest BCUT2D eigenvalue weighted by molar-refractivity contribution is 7.90. The van der Waals surface area contributed by atoms with E-state index in [9.17, 15) is 13.2 Å². The predicted octanol–water partition coefficient (Wildman–Crippen LogP) is 2.73. The van der Waals surface area contributed by atoms with Gasteiger partial charge >= 0.3 is 0 Å². The highest BCUT2D eigenvalue weighted by Gasteiger charge is 2.41. The quantitative estimate of drug-likeness (QED) is 0.792. The lowest BCUT2D eigenvalue weighted by atomic mass is 10.2. The van der Waals surface area contributed by atoms with Crippen molar-refractivity contribution in [3.8, 4) is 11.5 Å². The predicted molar refractivity (Wildman–Crippen MR) is 102 cm³/mol. The molecule has 6 nitrogen and oxygen atoms in total. The van der Waals surface area contributed by atoms with Crippen LogP contribution in [0.5, 0.6) is 11.5 Å². The zero-order valence-corrected chi connectivity index (χ0v) is 15.8. The summed E-state index contributed by atoms with van der Waals surface area (Å²) in [6.07, 6.45) is 1.53. The molecule has 1 aliphatic heterocycles. The molecular weight excluding hydrogens is 364 g/mol. The van der Waals surface area contributed by atoms with E-state index in [1.54, 1.807) is 29.2 Å². The molecule has 0 atom stereocenters. The minimum Gasteiger partial charge on any atom is -0.457 e. The van der Waals surface area contributed by atoms with E-state index in [0.717, 1.165) is 18.6 Å². The van der Waals surface area contributed by atoms with Crippen LogP contribution in [0.2, 0.25) is 0 Å². The summed E-state index contributed by atoms with van der Waals surface area (Å²) in [4.78, 5) is 14.4. The normalized spacial score (nSPS) is 18.3. The van der Waals surface area contributed by atoms with E-state index in [1.165, 1.54) is 4.31 Å². The largest absolute Gasteiger partial charge is 0.457 e. The van der Waals surface area contributed by atoms with Gasteiger partial charge in [-0.05, 0) is 49.2 Å². The monoisotopic (exact) mass is 386 g/mol. The van der Waals surface area contributed by atoms with Gasteiger partial charge in [-0.2, -0.15) is 4.31 Å². The lowest BCUT2D eigenvalue weighted by Crippen LogP contribution is -2.51. The first-order valence-corrected chi connectivity index (χ1v) is 10.7. The van der Waals surface area contributed by atoms with Gasteiger partial charge in [0.1, 0.15) is 11.5 Å². The first-order valence-electron chi connectivity index (χ1n) is 9.15. The van der Waals surface area contributed by atoms with Gasteiger partial charge in [0.15, 0.2) is 0 Å². The molecule has 1 saturated heterocycles. The maximum Gasteiger partial charge on any atom is 0.253 e. The number of para-hydroxylation sites is 1. The minimum atomic E-state index is -3.16. The molecule has 1 aliphatic carbocycles. The van der Waals surface area contributed by atoms with Gasteiger partial charge in [-0.1, -0.05) is 18.2 Å². The summed E-state index contributed by atoms with van der Waals surface area (Å²) < 4.78 is 31.9. The van der Waals surface area contributed by atoms with Crippen LogP contribution in [-0.2, 0) is 10.0 Å². The number of benzene rings is 2. The molecule has 1 heterocycles. The number of sulfonamides is 1. The van der Waals surface area contributed by atoms with Gasteiger partial charge in [0, 0.05) is 31.7 Å². The molecule has 0 radical (unpaired) electrons. The Balaban J connectivity index is 1.36. The molecule has 0 N–H and O–H groups in total. The van der Waals surface area contributed by atoms with Crippen LogP contribution in [0.1, 0.15) is 23.2 Å². The van der Waals surface area contributed by atoms with Gasteiger partial charge in [0.25, 0.3) is 5.91 Å². The van der Waals surface area contributed by atoms with E-state index in [1.807, 2.05) is 30.3 Å². The molecule has 7 heteroatoms. The SMILES string of the molecule is O=C(c1ccc(Oc2ccccc2)cc1)N1CCN(S(=O)(=O)C2CC2)CC1. The Morgan fingerprint density at radius 2 is 1.44 bits per heavy atom. The second kappa shape index (κ2) is 7.32. The zero-order chi connectivity index (χ0) is 18.9. The van der Waals surface area contributed by atoms with E-state index in [0.29, 0.717) is 37.5 Å². The molecule has 0 unspecified atom stereocenters. The van der Waals surface area contributed by atoms with Crippen molar-refractivity contribution in [2.24, 2.45) is 0 Å². The fourth-order valence-electron chi connectivity index (χ4n) is 3.20. The van der Waals surface area contributed by atoms with Crippen molar-refractivity contribution in [2.45, 2.75) is 18.1 Å². The van der Waals surface area contributed by atoms with Crippen LogP contribution in [0, 0.1) is 0 Å². The number of hydrogen-bond acceptors (Lipinski definition) is 4. The smallest absolute Gasteiger partial charge is 0.253 e. The summed E-state index contributed by atoms with van der Waals surface area (Å²) in [5.74, 6) is 1.33. The minimum absolute atomic E-state index is 0.0790. The van der Waals surface area contributed by atoms with Crippen LogP contribution in [0.15, 0.2) is 54.6 Å². The molecule has 0 bridgehead atoms. The molecule has 4 rings (SSSR count). The summed E-state index contributed by atoms with van der Waals surface area (Å²) in [6.45, 7) is 1.60. The van der Waals surface area contributed by atoms with Crippen molar-refractivity contribution in [1.82, 2.24) is 9.21 Å². The van der Waals surface area contributed by atoms with E-state index >= 15 is 0 Å². The maximum absolute atomic E-state index is 12.7. The van der Waals surface area contributed by atoms with Gasteiger partial charge in [-0.25, -0.2) is 8.42 Å². The Morgan fingerprint density at radius 3 is 2.04 bits per heavy atom. The molecule has 0 aromatic heterocycles. The third-order valence-corrected chi connectivity index (χ3v) is 7.31. The number of carbonyl (C=O) groups is 1. The fraction of sp³-hybridized carbons (Fsp3) is 0.350. The molecule has 1 saturated carbocycles. The summed E-state index contributed by atoms with van der Waals surface area (Å²) in [5.41, 5.74) is 0.578. The molecule has 1 amide bonds. The molecule has 2 aromatic rings. The van der Waals surface area contributed by atoms with Crippen LogP contribution in [0.4, 0.5) is 0 Å². The molecular formula is C20H22N2O4S. The first-order chi connectivity index (χ1) is 13.0. The van der Waals surface area contributed by atoms with E-state index in [2.05, 4.69) is 0 Å². The Bertz CT molecular complexity index is 901. The number of carbonyl (C=O) groups excluding carboxylic acids is 1. The average Bonchev–Trinajstić information content (AvgIpc) is 3.55. The number of nitrogens with zero attached hydrogens (tertiary/aromatic N) is 2. The third kappa shape index (κ3) is 3.99. The lowest BCUT2D eigenvalue weighted by Gasteiger charge is -2.34. The lowest BCUT2D eigenvalue weighted by molar-refractivity contribution is 0.0698. The highest BCUT2D eigenvalue weighted by atomic mass is 32.2. The summed E-state index contributed by atoms with van der Waals surface area (Å²) in [6, 6.07) is 16.5. The number of amides is 1. The van der Waals surface area contributed by atoms with Crippen LogP contribution in [0.3, 0.4) is 0 Å². The van der Waals surface area contributed by atoms with Gasteiger partial charge in [-0.3, -0.25) is 4.79 Å². The van der Waals surface area contributed by atoms with Crippen molar-refractivity contribution >= 4 is 15.9 Å². The van der Waals surface area contributed by atoms with Gasteiger partial charge in [0.05, 0.1) is 5.25 Å². The molecule has 0 spiro atoms. The fourth-order valence-corrected chi connectivity index (χ4v) is 5.02. The zero-order valence-electron chi connectivity index (χ0n) is 15.0. The topological polar surface area (TPSA) is 66.9 Å². The highest BCUT2D eigenvalue weighted by Crippen LogP contribution is 2.31. The second-order valence-corrected chi connectivity index (χ2v) is 9.09. The van der Waals surface area contributed by atoms with Crippen molar-refractivity contribution in [3.63, 3.8) is 0 Å². The first kappa shape index (κ1) is 18.0. The van der Waals surface area contributed by atoms with Gasteiger partial charge < -0.3 is 9.64 Å². The van der Waals surface area contributed by atoms with Gasteiger partial charge in [0.2, 0.25) is 10.0 Å². The van der Waals surface area contributed by atoms with Crippen molar-refractivity contribution in [2.75, 3.05) is 26.2 Å². The molecule has 142 valence electrons.